The van der Waals surface area contributed by atoms with Crippen molar-refractivity contribution >= 4 is 0 Å². The van der Waals surface area contributed by atoms with Gasteiger partial charge < -0.3 is 89.0 Å². The Labute approximate surface area is 362 Å². The highest BCUT2D eigenvalue weighted by Crippen LogP contribution is 2.71. The Morgan fingerprint density at radius 2 is 1.42 bits per heavy atom. The molecular formula is C44H70O18. The van der Waals surface area contributed by atoms with E-state index in [9.17, 15) is 51.1 Å². The third-order valence-corrected chi connectivity index (χ3v) is 17.4. The molecular weight excluding hydrogens is 816 g/mol. The van der Waals surface area contributed by atoms with E-state index in [2.05, 4.69) is 33.8 Å². The topological polar surface area (TPSA) is 276 Å². The molecule has 0 unspecified atom stereocenters. The van der Waals surface area contributed by atoms with E-state index in [0.29, 0.717) is 36.7 Å². The Kier molecular flexibility index (Phi) is 12.9. The Morgan fingerprint density at radius 1 is 0.710 bits per heavy atom. The molecule has 3 saturated carbocycles. The third kappa shape index (κ3) is 7.39. The standard InChI is InChI=1S/C44H70O18/c1-18-7-10-44(56-16-18)19(2)30-26(62-44)13-24-22-6-5-20-11-21(47)12-29(43(20,4)23(22)8-9-42(24,30)3)59-41-38(34(52)32(50)27(14-45)58-41)61-40-36(54)37(33(51)28(15-46)57-40)60-39-35(53)31(49)25(48)17-55-39/h5,18-19,21-41,45-54H,6-17H2,1-4H3/t18-,19-,21+,22+,23-,24-,25+,26-,27+,28+,29+,30-,31-,32+,33+,34-,35+,36+,37-,38+,39+,40-,41-,42-,43-,44+/m0/s1. The van der Waals surface area contributed by atoms with E-state index in [1.165, 1.54) is 0 Å². The molecule has 5 heterocycles. The summed E-state index contributed by atoms with van der Waals surface area (Å²) in [5, 5.41) is 108. The smallest absolute Gasteiger partial charge is 0.187 e. The second-order valence-corrected chi connectivity index (χ2v) is 20.7. The van der Waals surface area contributed by atoms with Gasteiger partial charge in [0, 0.05) is 24.2 Å². The first-order chi connectivity index (χ1) is 29.4. The van der Waals surface area contributed by atoms with Gasteiger partial charge in [-0.25, -0.2) is 0 Å². The number of hydrogen-bond donors (Lipinski definition) is 10. The lowest BCUT2D eigenvalue weighted by Crippen LogP contribution is -2.67. The van der Waals surface area contributed by atoms with Crippen LogP contribution in [-0.4, -0.2) is 188 Å². The highest BCUT2D eigenvalue weighted by Gasteiger charge is 2.69. The highest BCUT2D eigenvalue weighted by atomic mass is 16.8. The predicted molar refractivity (Wildman–Crippen MR) is 211 cm³/mol. The van der Waals surface area contributed by atoms with Gasteiger partial charge in [-0.15, -0.1) is 0 Å². The minimum absolute atomic E-state index is 0.0398. The van der Waals surface area contributed by atoms with Crippen LogP contribution in [0, 0.1) is 46.3 Å². The fourth-order valence-corrected chi connectivity index (χ4v) is 13.9. The van der Waals surface area contributed by atoms with Crippen molar-refractivity contribution in [3.63, 3.8) is 0 Å². The van der Waals surface area contributed by atoms with Crippen LogP contribution < -0.4 is 0 Å². The number of aliphatic hydroxyl groups is 10. The van der Waals surface area contributed by atoms with Gasteiger partial charge in [0.25, 0.3) is 0 Å². The second-order valence-electron chi connectivity index (χ2n) is 20.7. The first-order valence-electron chi connectivity index (χ1n) is 23.0. The second kappa shape index (κ2) is 17.3. The first kappa shape index (κ1) is 46.1. The number of allylic oxidation sites excluding steroid dienone is 1. The summed E-state index contributed by atoms with van der Waals surface area (Å²) < 4.78 is 49.6. The molecule has 354 valence electrons. The molecule has 5 saturated heterocycles. The van der Waals surface area contributed by atoms with Crippen LogP contribution in [0.15, 0.2) is 11.6 Å². The van der Waals surface area contributed by atoms with E-state index in [1.54, 1.807) is 0 Å². The van der Waals surface area contributed by atoms with Crippen molar-refractivity contribution < 1.29 is 89.0 Å². The molecule has 18 heteroatoms. The highest BCUT2D eigenvalue weighted by molar-refractivity contribution is 5.29. The number of aliphatic hydroxyl groups excluding tert-OH is 10. The maximum Gasteiger partial charge on any atom is 0.187 e. The molecule has 0 bridgehead atoms. The van der Waals surface area contributed by atoms with Crippen LogP contribution in [0.5, 0.6) is 0 Å². The minimum Gasteiger partial charge on any atom is -0.394 e. The van der Waals surface area contributed by atoms with Gasteiger partial charge in [0.05, 0.1) is 44.7 Å². The van der Waals surface area contributed by atoms with E-state index >= 15 is 0 Å². The minimum atomic E-state index is -1.88. The van der Waals surface area contributed by atoms with Crippen molar-refractivity contribution in [2.24, 2.45) is 46.3 Å². The fraction of sp³-hybridized carbons (Fsp3) is 0.955. The summed E-state index contributed by atoms with van der Waals surface area (Å²) in [7, 11) is 0. The fourth-order valence-electron chi connectivity index (χ4n) is 13.9. The lowest BCUT2D eigenvalue weighted by atomic mass is 9.46. The maximum atomic E-state index is 11.6. The summed E-state index contributed by atoms with van der Waals surface area (Å²) in [5.74, 6) is 1.46. The van der Waals surface area contributed by atoms with Crippen molar-refractivity contribution in [1.82, 2.24) is 0 Å². The van der Waals surface area contributed by atoms with Crippen LogP contribution in [0.3, 0.4) is 0 Å². The van der Waals surface area contributed by atoms with Crippen LogP contribution in [0.1, 0.15) is 79.1 Å². The maximum absolute atomic E-state index is 11.6. The molecule has 5 aliphatic heterocycles. The third-order valence-electron chi connectivity index (χ3n) is 17.4. The average Bonchev–Trinajstić information content (AvgIpc) is 3.69. The van der Waals surface area contributed by atoms with Crippen LogP contribution in [0.4, 0.5) is 0 Å². The monoisotopic (exact) mass is 886 g/mol. The van der Waals surface area contributed by atoms with Crippen molar-refractivity contribution in [3.8, 4) is 0 Å². The van der Waals surface area contributed by atoms with Gasteiger partial charge in [-0.05, 0) is 73.5 Å². The molecule has 0 amide bonds. The van der Waals surface area contributed by atoms with E-state index in [-0.39, 0.29) is 29.8 Å². The number of ether oxygens (including phenoxy) is 8. The van der Waals surface area contributed by atoms with Gasteiger partial charge in [0.1, 0.15) is 67.1 Å². The largest absolute Gasteiger partial charge is 0.394 e. The van der Waals surface area contributed by atoms with Crippen LogP contribution in [0.25, 0.3) is 0 Å². The van der Waals surface area contributed by atoms with Crippen molar-refractivity contribution in [2.45, 2.75) is 189 Å². The molecule has 1 spiro atoms. The molecule has 0 aromatic heterocycles. The van der Waals surface area contributed by atoms with Gasteiger partial charge in [0.2, 0.25) is 0 Å². The van der Waals surface area contributed by atoms with Gasteiger partial charge in [-0.1, -0.05) is 39.3 Å². The first-order valence-corrected chi connectivity index (χ1v) is 23.0. The summed E-state index contributed by atoms with van der Waals surface area (Å²) in [4.78, 5) is 0. The number of rotatable bonds is 8. The molecule has 9 aliphatic rings. The lowest BCUT2D eigenvalue weighted by Gasteiger charge is -2.60. The molecule has 26 atom stereocenters. The zero-order valence-electron chi connectivity index (χ0n) is 36.1. The predicted octanol–water partition coefficient (Wildman–Crippen LogP) is -1.20. The average molecular weight is 887 g/mol. The molecule has 62 heavy (non-hydrogen) atoms. The van der Waals surface area contributed by atoms with Gasteiger partial charge in [-0.3, -0.25) is 0 Å². The molecule has 0 radical (unpaired) electrons. The van der Waals surface area contributed by atoms with Crippen LogP contribution >= 0.6 is 0 Å². The van der Waals surface area contributed by atoms with Crippen molar-refractivity contribution in [1.29, 1.82) is 0 Å². The van der Waals surface area contributed by atoms with E-state index < -0.39 is 129 Å². The van der Waals surface area contributed by atoms with Crippen molar-refractivity contribution in [2.75, 3.05) is 26.4 Å². The Balaban J connectivity index is 0.963. The van der Waals surface area contributed by atoms with E-state index in [1.807, 2.05) is 0 Å². The van der Waals surface area contributed by atoms with E-state index in [4.69, 9.17) is 37.9 Å². The summed E-state index contributed by atoms with van der Waals surface area (Å²) in [6, 6.07) is 0. The van der Waals surface area contributed by atoms with Crippen LogP contribution in [-0.2, 0) is 37.9 Å². The number of fused-ring (bicyclic) bond motifs is 7. The van der Waals surface area contributed by atoms with E-state index in [0.717, 1.165) is 44.1 Å². The Morgan fingerprint density at radius 3 is 2.13 bits per heavy atom. The molecule has 9 rings (SSSR count). The molecule has 0 aromatic rings. The normalized spacial score (nSPS) is 57.6. The molecule has 10 N–H and O–H groups in total. The SMILES string of the molecule is C[C@H]1CC[C@@]2(OC1)O[C@H]1C[C@H]3[C@@H]4CC=C5C[C@@H](O)C[C@@H](O[C@@H]6O[C@H](CO)[C@@H](O)[C@H](O)[C@H]6O[C@@H]6O[C@H](CO)[C@@H](O)[C@H](O[C@H]7OC[C@@H](O)[C@H](O)[C@H]7O)[C@H]6O)[C@]5(C)[C@H]4CC[C@]3(C)[C@H]1[C@@H]2C. The zero-order chi connectivity index (χ0) is 44.2. The number of hydrogen-bond acceptors (Lipinski definition) is 18. The Hall–Kier alpha value is -0.980. The molecule has 8 fully saturated rings. The summed E-state index contributed by atoms with van der Waals surface area (Å²) >= 11 is 0. The lowest BCUT2D eigenvalue weighted by molar-refractivity contribution is -0.387. The van der Waals surface area contributed by atoms with Crippen LogP contribution in [0.2, 0.25) is 0 Å². The quantitative estimate of drug-likeness (QED) is 0.128. The van der Waals surface area contributed by atoms with Gasteiger partial charge in [0.15, 0.2) is 24.7 Å². The summed E-state index contributed by atoms with van der Waals surface area (Å²) in [6.45, 7) is 8.03. The molecule has 0 aromatic carbocycles. The summed E-state index contributed by atoms with van der Waals surface area (Å²) in [6.07, 6.45) is -15.4. The zero-order valence-corrected chi connectivity index (χ0v) is 36.1. The molecule has 4 aliphatic carbocycles. The van der Waals surface area contributed by atoms with Gasteiger partial charge >= 0.3 is 0 Å². The van der Waals surface area contributed by atoms with Crippen molar-refractivity contribution in [3.05, 3.63) is 11.6 Å². The Bertz CT molecular complexity index is 1610. The molecule has 18 nitrogen and oxygen atoms in total. The summed E-state index contributed by atoms with van der Waals surface area (Å²) in [5.41, 5.74) is 0.532. The van der Waals surface area contributed by atoms with Gasteiger partial charge in [-0.2, -0.15) is 0 Å².